The Kier molecular flexibility index (Phi) is 9.49. The zero-order valence-electron chi connectivity index (χ0n) is 19.9. The van der Waals surface area contributed by atoms with Gasteiger partial charge in [-0.25, -0.2) is 0 Å². The number of carbonyl (C=O) groups excluding carboxylic acids is 2. The van der Waals surface area contributed by atoms with Crippen molar-refractivity contribution in [3.05, 3.63) is 34.9 Å². The van der Waals surface area contributed by atoms with E-state index in [0.717, 1.165) is 49.5 Å². The molecule has 33 heavy (non-hydrogen) atoms. The van der Waals surface area contributed by atoms with Gasteiger partial charge in [0.15, 0.2) is 0 Å². The van der Waals surface area contributed by atoms with Crippen LogP contribution >= 0.6 is 24.0 Å². The minimum atomic E-state index is -0.688. The smallest absolute Gasteiger partial charge is 0.246 e. The molecule has 2 amide bonds. The van der Waals surface area contributed by atoms with Crippen molar-refractivity contribution in [1.29, 1.82) is 0 Å². The second-order valence-corrected chi connectivity index (χ2v) is 10.4. The van der Waals surface area contributed by atoms with Gasteiger partial charge < -0.3 is 10.2 Å². The van der Waals surface area contributed by atoms with Crippen LogP contribution in [-0.2, 0) is 16.1 Å². The molecule has 184 valence electrons. The van der Waals surface area contributed by atoms with Gasteiger partial charge in [0.2, 0.25) is 11.8 Å². The Bertz CT molecular complexity index is 804. The lowest BCUT2D eigenvalue weighted by Crippen LogP contribution is -2.73. The lowest BCUT2D eigenvalue weighted by atomic mass is 9.79. The lowest BCUT2D eigenvalue weighted by molar-refractivity contribution is -0.162. The standard InChI is InChI=1S/C26H38ClN3O2.ClH/c1-2-3-15-30-24(31)23(18-20-9-5-4-6-10-20)28-25(32)26(30)13-16-29(17-14-26)19-21-11-7-8-12-22(21)27;/h7-8,11-12,20,23H,2-6,9-10,13-19H2,1H3,(H,28,32);1H/t23-;/m0./s1. The molecule has 2 heterocycles. The average molecular weight is 497 g/mol. The summed E-state index contributed by atoms with van der Waals surface area (Å²) in [5, 5.41) is 3.97. The first-order valence-electron chi connectivity index (χ1n) is 12.6. The number of amides is 2. The summed E-state index contributed by atoms with van der Waals surface area (Å²) in [5.74, 6) is 0.798. The Morgan fingerprint density at radius 1 is 1.09 bits per heavy atom. The van der Waals surface area contributed by atoms with Gasteiger partial charge in [-0.3, -0.25) is 14.5 Å². The maximum atomic E-state index is 13.6. The van der Waals surface area contributed by atoms with Crippen molar-refractivity contribution in [2.24, 2.45) is 5.92 Å². The number of likely N-dealkylation sites (tertiary alicyclic amines) is 1. The van der Waals surface area contributed by atoms with Crippen LogP contribution in [0.5, 0.6) is 0 Å². The first-order chi connectivity index (χ1) is 15.5. The van der Waals surface area contributed by atoms with Crippen LogP contribution in [0.1, 0.15) is 76.7 Å². The second-order valence-electron chi connectivity index (χ2n) is 10.0. The summed E-state index contributed by atoms with van der Waals surface area (Å²) in [5.41, 5.74) is 0.427. The molecule has 0 bridgehead atoms. The number of nitrogens with one attached hydrogen (secondary N) is 1. The van der Waals surface area contributed by atoms with Gasteiger partial charge in [-0.1, -0.05) is 75.2 Å². The monoisotopic (exact) mass is 495 g/mol. The van der Waals surface area contributed by atoms with Crippen LogP contribution in [0, 0.1) is 5.92 Å². The topological polar surface area (TPSA) is 52.7 Å². The summed E-state index contributed by atoms with van der Waals surface area (Å²) < 4.78 is 0. The Morgan fingerprint density at radius 3 is 2.45 bits per heavy atom. The highest BCUT2D eigenvalue weighted by Gasteiger charge is 2.53. The number of hydrogen-bond acceptors (Lipinski definition) is 3. The van der Waals surface area contributed by atoms with E-state index >= 15 is 0 Å². The van der Waals surface area contributed by atoms with Gasteiger partial charge in [0.25, 0.3) is 0 Å². The van der Waals surface area contributed by atoms with Gasteiger partial charge in [0.1, 0.15) is 11.6 Å². The van der Waals surface area contributed by atoms with E-state index in [0.29, 0.717) is 25.3 Å². The number of piperazine rings is 1. The number of rotatable bonds is 7. The number of carbonyl (C=O) groups is 2. The van der Waals surface area contributed by atoms with Crippen LogP contribution in [0.2, 0.25) is 5.02 Å². The van der Waals surface area contributed by atoms with Crippen molar-refractivity contribution >= 4 is 35.8 Å². The summed E-state index contributed by atoms with van der Waals surface area (Å²) in [4.78, 5) is 31.5. The molecule has 4 rings (SSSR count). The van der Waals surface area contributed by atoms with Gasteiger partial charge in [0, 0.05) is 31.2 Å². The van der Waals surface area contributed by atoms with Crippen LogP contribution in [0.25, 0.3) is 0 Å². The molecule has 1 aromatic rings. The van der Waals surface area contributed by atoms with Crippen LogP contribution in [0.4, 0.5) is 0 Å². The second kappa shape index (κ2) is 11.9. The van der Waals surface area contributed by atoms with Crippen LogP contribution in [0.15, 0.2) is 24.3 Å². The SMILES string of the molecule is CCCCN1C(=O)[C@H](CC2CCCCC2)NC(=O)C12CCN(Cc1ccccc1Cl)CC2.Cl. The van der Waals surface area contributed by atoms with Gasteiger partial charge in [-0.2, -0.15) is 0 Å². The predicted molar refractivity (Wildman–Crippen MR) is 136 cm³/mol. The highest BCUT2D eigenvalue weighted by Crippen LogP contribution is 2.36. The van der Waals surface area contributed by atoms with Crippen LogP contribution in [0.3, 0.4) is 0 Å². The molecular formula is C26H39Cl2N3O2. The average Bonchev–Trinajstić information content (AvgIpc) is 2.81. The summed E-state index contributed by atoms with van der Waals surface area (Å²) in [6.07, 6.45) is 10.3. The molecule has 1 saturated carbocycles. The fourth-order valence-corrected chi connectivity index (χ4v) is 6.07. The largest absolute Gasteiger partial charge is 0.342 e. The lowest BCUT2D eigenvalue weighted by Gasteiger charge is -2.52. The fourth-order valence-electron chi connectivity index (χ4n) is 5.88. The van der Waals surface area contributed by atoms with E-state index in [-0.39, 0.29) is 30.3 Å². The number of unbranched alkanes of at least 4 members (excludes halogenated alkanes) is 1. The third-order valence-corrected chi connectivity index (χ3v) is 8.24. The molecule has 0 unspecified atom stereocenters. The number of piperidine rings is 1. The molecule has 2 aliphatic heterocycles. The number of benzene rings is 1. The fraction of sp³-hybridized carbons (Fsp3) is 0.692. The molecule has 0 aromatic heterocycles. The zero-order valence-corrected chi connectivity index (χ0v) is 21.4. The molecule has 1 aromatic carbocycles. The third kappa shape index (κ3) is 5.86. The summed E-state index contributed by atoms with van der Waals surface area (Å²) >= 11 is 6.36. The first kappa shape index (κ1) is 26.3. The Balaban J connectivity index is 0.00000306. The molecule has 0 radical (unpaired) electrons. The number of nitrogens with zero attached hydrogens (tertiary/aromatic N) is 2. The normalized spacial score (nSPS) is 23.9. The van der Waals surface area contributed by atoms with Crippen molar-refractivity contribution in [2.45, 2.75) is 89.3 Å². The van der Waals surface area contributed by atoms with E-state index in [1.807, 2.05) is 23.1 Å². The molecule has 1 spiro atoms. The molecule has 1 atom stereocenters. The van der Waals surface area contributed by atoms with Gasteiger partial charge in [-0.15, -0.1) is 12.4 Å². The van der Waals surface area contributed by atoms with E-state index in [4.69, 9.17) is 11.6 Å². The summed E-state index contributed by atoms with van der Waals surface area (Å²) in [7, 11) is 0. The van der Waals surface area contributed by atoms with E-state index in [1.54, 1.807) is 0 Å². The van der Waals surface area contributed by atoms with Crippen molar-refractivity contribution in [3.63, 3.8) is 0 Å². The Hall–Kier alpha value is -1.30. The number of halogens is 2. The van der Waals surface area contributed by atoms with Gasteiger partial charge >= 0.3 is 0 Å². The minimum absolute atomic E-state index is 0. The van der Waals surface area contributed by atoms with E-state index < -0.39 is 5.54 Å². The molecular weight excluding hydrogens is 457 g/mol. The zero-order chi connectivity index (χ0) is 22.6. The van der Waals surface area contributed by atoms with E-state index in [1.165, 1.54) is 32.1 Å². The maximum Gasteiger partial charge on any atom is 0.246 e. The molecule has 3 aliphatic rings. The molecule has 5 nitrogen and oxygen atoms in total. The Labute approximate surface area is 210 Å². The molecule has 7 heteroatoms. The molecule has 1 N–H and O–H groups in total. The van der Waals surface area contributed by atoms with E-state index in [9.17, 15) is 9.59 Å². The molecule has 3 fully saturated rings. The maximum absolute atomic E-state index is 13.6. The highest BCUT2D eigenvalue weighted by atomic mass is 35.5. The Morgan fingerprint density at radius 2 is 1.79 bits per heavy atom. The van der Waals surface area contributed by atoms with Crippen LogP contribution in [-0.4, -0.2) is 52.8 Å². The van der Waals surface area contributed by atoms with Gasteiger partial charge in [0.05, 0.1) is 0 Å². The predicted octanol–water partition coefficient (Wildman–Crippen LogP) is 5.19. The van der Waals surface area contributed by atoms with Crippen molar-refractivity contribution in [1.82, 2.24) is 15.1 Å². The molecule has 1 aliphatic carbocycles. The molecule has 2 saturated heterocycles. The van der Waals surface area contributed by atoms with Crippen molar-refractivity contribution in [2.75, 3.05) is 19.6 Å². The van der Waals surface area contributed by atoms with Crippen molar-refractivity contribution in [3.8, 4) is 0 Å². The summed E-state index contributed by atoms with van der Waals surface area (Å²) in [6.45, 7) is 5.20. The third-order valence-electron chi connectivity index (χ3n) is 7.87. The first-order valence-corrected chi connectivity index (χ1v) is 13.0. The van der Waals surface area contributed by atoms with Gasteiger partial charge in [-0.05, 0) is 43.2 Å². The minimum Gasteiger partial charge on any atom is -0.342 e. The summed E-state index contributed by atoms with van der Waals surface area (Å²) in [6, 6.07) is 7.61. The van der Waals surface area contributed by atoms with Crippen molar-refractivity contribution < 1.29 is 9.59 Å². The highest BCUT2D eigenvalue weighted by molar-refractivity contribution is 6.31. The quantitative estimate of drug-likeness (QED) is 0.565. The number of hydrogen-bond donors (Lipinski definition) is 1. The van der Waals surface area contributed by atoms with Crippen LogP contribution < -0.4 is 5.32 Å². The van der Waals surface area contributed by atoms with E-state index in [2.05, 4.69) is 23.2 Å².